The summed E-state index contributed by atoms with van der Waals surface area (Å²) in [5, 5.41) is 1.16. The fourth-order valence-electron chi connectivity index (χ4n) is 1.48. The predicted molar refractivity (Wildman–Crippen MR) is 48.1 cm³/mol. The van der Waals surface area contributed by atoms with Gasteiger partial charge in [0.05, 0.1) is 0 Å². The monoisotopic (exact) mass is 200 g/mol. The summed E-state index contributed by atoms with van der Waals surface area (Å²) >= 11 is 3.50. The Morgan fingerprint density at radius 2 is 1.90 bits per heavy atom. The van der Waals surface area contributed by atoms with Gasteiger partial charge < -0.3 is 0 Å². The topological polar surface area (TPSA) is 0 Å². The number of hydrogen-bond donors (Lipinski definition) is 0. The molecule has 56 valence electrons. The molecule has 0 aromatic carbocycles. The molecule has 0 saturated heterocycles. The van der Waals surface area contributed by atoms with Crippen LogP contribution in [-0.2, 0) is 0 Å². The summed E-state index contributed by atoms with van der Waals surface area (Å²) in [5.41, 5.74) is 0. The van der Waals surface area contributed by atoms with Gasteiger partial charge in [0.15, 0.2) is 0 Å². The van der Waals surface area contributed by atoms with Crippen LogP contribution in [0.1, 0.15) is 25.7 Å². The summed E-state index contributed by atoms with van der Waals surface area (Å²) in [6.07, 6.45) is 10.5. The van der Waals surface area contributed by atoms with Crippen molar-refractivity contribution in [2.24, 2.45) is 11.8 Å². The van der Waals surface area contributed by atoms with Crippen LogP contribution >= 0.6 is 15.9 Å². The minimum atomic E-state index is 0.579. The molecule has 0 atom stereocenters. The van der Waals surface area contributed by atoms with E-state index in [0.29, 0.717) is 5.92 Å². The molecule has 0 bridgehead atoms. The first-order valence-electron chi connectivity index (χ1n) is 3.89. The normalized spacial score (nSPS) is 33.2. The Labute approximate surface area is 71.5 Å². The molecule has 0 radical (unpaired) electrons. The molecule has 0 nitrogen and oxygen atoms in total. The van der Waals surface area contributed by atoms with Crippen LogP contribution in [0.5, 0.6) is 0 Å². The zero-order valence-corrected chi connectivity index (χ0v) is 7.73. The van der Waals surface area contributed by atoms with Crippen LogP contribution in [0.3, 0.4) is 0 Å². The lowest BCUT2D eigenvalue weighted by atomic mass is 9.83. The second kappa shape index (κ2) is 4.03. The molecule has 1 aliphatic carbocycles. The van der Waals surface area contributed by atoms with Crippen molar-refractivity contribution >= 4 is 15.9 Å². The van der Waals surface area contributed by atoms with E-state index in [1.165, 1.54) is 25.7 Å². The summed E-state index contributed by atoms with van der Waals surface area (Å²) in [4.78, 5) is 0. The van der Waals surface area contributed by atoms with Crippen LogP contribution in [-0.4, -0.2) is 5.33 Å². The molecule has 0 spiro atoms. The fourth-order valence-corrected chi connectivity index (χ4v) is 2.13. The molecule has 1 heteroatoms. The lowest BCUT2D eigenvalue weighted by Gasteiger charge is -2.23. The van der Waals surface area contributed by atoms with Gasteiger partial charge in [-0.25, -0.2) is 0 Å². The largest absolute Gasteiger partial charge is 0.120 e. The van der Waals surface area contributed by atoms with E-state index in [4.69, 9.17) is 6.42 Å². The molecule has 0 N–H and O–H groups in total. The molecule has 1 rings (SSSR count). The van der Waals surface area contributed by atoms with Gasteiger partial charge in [-0.3, -0.25) is 0 Å². The van der Waals surface area contributed by atoms with Gasteiger partial charge in [0.25, 0.3) is 0 Å². The van der Waals surface area contributed by atoms with Gasteiger partial charge in [0.1, 0.15) is 0 Å². The Balaban J connectivity index is 2.25. The Morgan fingerprint density at radius 1 is 1.30 bits per heavy atom. The molecular formula is C9H13Br. The Bertz CT molecular complexity index is 126. The van der Waals surface area contributed by atoms with Gasteiger partial charge in [-0.15, -0.1) is 12.3 Å². The minimum absolute atomic E-state index is 0.579. The molecule has 0 aliphatic heterocycles. The Kier molecular flexibility index (Phi) is 3.28. The van der Waals surface area contributed by atoms with Gasteiger partial charge in [-0.2, -0.15) is 0 Å². The third-order valence-electron chi connectivity index (χ3n) is 2.30. The molecule has 0 aromatic heterocycles. The van der Waals surface area contributed by atoms with Crippen LogP contribution in [0.2, 0.25) is 0 Å². The lowest BCUT2D eigenvalue weighted by Crippen LogP contribution is -2.13. The van der Waals surface area contributed by atoms with Gasteiger partial charge in [0.2, 0.25) is 0 Å². The number of terminal acetylenes is 1. The van der Waals surface area contributed by atoms with Crippen molar-refractivity contribution in [2.75, 3.05) is 5.33 Å². The average molecular weight is 201 g/mol. The number of alkyl halides is 1. The van der Waals surface area contributed by atoms with Crippen molar-refractivity contribution in [3.05, 3.63) is 0 Å². The highest BCUT2D eigenvalue weighted by Gasteiger charge is 2.17. The number of rotatable bonds is 1. The SMILES string of the molecule is C#CC1CCC(CBr)CC1. The van der Waals surface area contributed by atoms with Crippen molar-refractivity contribution in [3.8, 4) is 12.3 Å². The van der Waals surface area contributed by atoms with Gasteiger partial charge in [0, 0.05) is 11.2 Å². The van der Waals surface area contributed by atoms with Gasteiger partial charge in [-0.05, 0) is 31.6 Å². The van der Waals surface area contributed by atoms with E-state index in [-0.39, 0.29) is 0 Å². The molecular weight excluding hydrogens is 188 g/mol. The maximum atomic E-state index is 5.33. The highest BCUT2D eigenvalue weighted by molar-refractivity contribution is 9.09. The Morgan fingerprint density at radius 3 is 2.30 bits per heavy atom. The van der Waals surface area contributed by atoms with Gasteiger partial charge >= 0.3 is 0 Å². The quantitative estimate of drug-likeness (QED) is 0.452. The summed E-state index contributed by atoms with van der Waals surface area (Å²) in [6.45, 7) is 0. The zero-order chi connectivity index (χ0) is 7.40. The summed E-state index contributed by atoms with van der Waals surface area (Å²) in [6, 6.07) is 0. The molecule has 0 unspecified atom stereocenters. The van der Waals surface area contributed by atoms with Crippen LogP contribution in [0.25, 0.3) is 0 Å². The van der Waals surface area contributed by atoms with E-state index in [1.807, 2.05) is 0 Å². The van der Waals surface area contributed by atoms with Crippen molar-refractivity contribution in [1.29, 1.82) is 0 Å². The van der Waals surface area contributed by atoms with Gasteiger partial charge in [-0.1, -0.05) is 15.9 Å². The average Bonchev–Trinajstić information content (AvgIpc) is 2.05. The van der Waals surface area contributed by atoms with Crippen LogP contribution in [0.4, 0.5) is 0 Å². The van der Waals surface area contributed by atoms with Crippen LogP contribution < -0.4 is 0 Å². The first kappa shape index (κ1) is 8.14. The zero-order valence-electron chi connectivity index (χ0n) is 6.15. The van der Waals surface area contributed by atoms with Crippen molar-refractivity contribution in [3.63, 3.8) is 0 Å². The first-order chi connectivity index (χ1) is 4.86. The van der Waals surface area contributed by atoms with E-state index >= 15 is 0 Å². The maximum absolute atomic E-state index is 5.33. The highest BCUT2D eigenvalue weighted by atomic mass is 79.9. The number of hydrogen-bond acceptors (Lipinski definition) is 0. The lowest BCUT2D eigenvalue weighted by molar-refractivity contribution is 0.343. The molecule has 10 heavy (non-hydrogen) atoms. The van der Waals surface area contributed by atoms with E-state index in [9.17, 15) is 0 Å². The maximum Gasteiger partial charge on any atom is 0.0200 e. The first-order valence-corrected chi connectivity index (χ1v) is 5.01. The van der Waals surface area contributed by atoms with Crippen LogP contribution in [0, 0.1) is 24.2 Å². The standard InChI is InChI=1S/C9H13Br/c1-2-8-3-5-9(7-10)6-4-8/h1,8-9H,3-7H2. The summed E-state index contributed by atoms with van der Waals surface area (Å²) in [7, 11) is 0. The Hall–Kier alpha value is 0.0400. The molecule has 0 heterocycles. The van der Waals surface area contributed by atoms with Crippen LogP contribution in [0.15, 0.2) is 0 Å². The highest BCUT2D eigenvalue weighted by Crippen LogP contribution is 2.28. The minimum Gasteiger partial charge on any atom is -0.120 e. The molecule has 1 saturated carbocycles. The molecule has 0 aromatic rings. The molecule has 1 aliphatic rings. The molecule has 0 amide bonds. The van der Waals surface area contributed by atoms with Crippen molar-refractivity contribution in [2.45, 2.75) is 25.7 Å². The summed E-state index contributed by atoms with van der Waals surface area (Å²) < 4.78 is 0. The second-order valence-electron chi connectivity index (χ2n) is 3.04. The van der Waals surface area contributed by atoms with E-state index in [0.717, 1.165) is 11.2 Å². The van der Waals surface area contributed by atoms with Crippen molar-refractivity contribution < 1.29 is 0 Å². The molecule has 1 fully saturated rings. The third-order valence-corrected chi connectivity index (χ3v) is 3.22. The van der Waals surface area contributed by atoms with Crippen molar-refractivity contribution in [1.82, 2.24) is 0 Å². The van der Waals surface area contributed by atoms with E-state index < -0.39 is 0 Å². The van der Waals surface area contributed by atoms with E-state index in [2.05, 4.69) is 21.9 Å². The third kappa shape index (κ3) is 2.02. The predicted octanol–water partition coefficient (Wildman–Crippen LogP) is 2.82. The fraction of sp³-hybridized carbons (Fsp3) is 0.778. The second-order valence-corrected chi connectivity index (χ2v) is 3.69. The summed E-state index contributed by atoms with van der Waals surface area (Å²) in [5.74, 6) is 4.31. The smallest absolute Gasteiger partial charge is 0.0200 e. The number of halogens is 1. The van der Waals surface area contributed by atoms with E-state index in [1.54, 1.807) is 0 Å².